The van der Waals surface area contributed by atoms with Crippen LogP contribution in [0.1, 0.15) is 6.92 Å². The zero-order valence-corrected chi connectivity index (χ0v) is 12.8. The van der Waals surface area contributed by atoms with E-state index < -0.39 is 0 Å². The molecule has 0 aliphatic rings. The van der Waals surface area contributed by atoms with E-state index >= 15 is 0 Å². The molecule has 2 aromatic heterocycles. The minimum Gasteiger partial charge on any atom is -0.394 e. The minimum absolute atomic E-state index is 0.0168. The van der Waals surface area contributed by atoms with Crippen LogP contribution in [0.25, 0.3) is 20.7 Å². The molecule has 0 fully saturated rings. The third kappa shape index (κ3) is 2.62. The smallest absolute Gasteiger partial charge is 0.140 e. The van der Waals surface area contributed by atoms with E-state index in [1.165, 1.54) is 10.4 Å². The Kier molecular flexibility index (Phi) is 3.86. The van der Waals surface area contributed by atoms with Gasteiger partial charge in [0.05, 0.1) is 18.0 Å². The SMILES string of the molecule is CC(CO)N(C)c1ncnc2sc(-c3ccccc3)cc12. The molecule has 1 unspecified atom stereocenters. The second kappa shape index (κ2) is 5.79. The summed E-state index contributed by atoms with van der Waals surface area (Å²) in [7, 11) is 1.95. The molecule has 0 spiro atoms. The third-order valence-corrected chi connectivity index (χ3v) is 4.72. The molecule has 0 amide bonds. The molecule has 3 aromatic rings. The number of benzene rings is 1. The summed E-state index contributed by atoms with van der Waals surface area (Å²) in [6.07, 6.45) is 1.59. The van der Waals surface area contributed by atoms with Crippen molar-refractivity contribution >= 4 is 27.4 Å². The number of nitrogens with zero attached hydrogens (tertiary/aromatic N) is 3. The largest absolute Gasteiger partial charge is 0.394 e. The van der Waals surface area contributed by atoms with E-state index in [0.717, 1.165) is 16.0 Å². The zero-order valence-electron chi connectivity index (χ0n) is 12.0. The molecule has 0 bridgehead atoms. The molecule has 1 N–H and O–H groups in total. The van der Waals surface area contributed by atoms with Gasteiger partial charge in [0.25, 0.3) is 0 Å². The van der Waals surface area contributed by atoms with Crippen LogP contribution in [0.15, 0.2) is 42.7 Å². The van der Waals surface area contributed by atoms with Gasteiger partial charge >= 0.3 is 0 Å². The van der Waals surface area contributed by atoms with Gasteiger partial charge in [0.2, 0.25) is 0 Å². The maximum atomic E-state index is 9.34. The average molecular weight is 299 g/mol. The summed E-state index contributed by atoms with van der Waals surface area (Å²) in [6, 6.07) is 12.4. The lowest BCUT2D eigenvalue weighted by atomic mass is 10.2. The minimum atomic E-state index is 0.0168. The van der Waals surface area contributed by atoms with E-state index in [-0.39, 0.29) is 12.6 Å². The Morgan fingerprint density at radius 2 is 2.00 bits per heavy atom. The number of anilines is 1. The summed E-state index contributed by atoms with van der Waals surface area (Å²) in [5, 5.41) is 10.4. The van der Waals surface area contributed by atoms with Crippen LogP contribution in [0.2, 0.25) is 0 Å². The lowest BCUT2D eigenvalue weighted by molar-refractivity contribution is 0.270. The quantitative estimate of drug-likeness (QED) is 0.804. The van der Waals surface area contributed by atoms with Gasteiger partial charge < -0.3 is 10.0 Å². The van der Waals surface area contributed by atoms with E-state index in [2.05, 4.69) is 28.2 Å². The summed E-state index contributed by atoms with van der Waals surface area (Å²) in [4.78, 5) is 12.9. The number of hydrogen-bond acceptors (Lipinski definition) is 5. The first kappa shape index (κ1) is 14.0. The molecule has 108 valence electrons. The number of aliphatic hydroxyl groups excluding tert-OH is 1. The van der Waals surface area contributed by atoms with Crippen molar-refractivity contribution in [2.24, 2.45) is 0 Å². The van der Waals surface area contributed by atoms with Gasteiger partial charge in [-0.25, -0.2) is 9.97 Å². The van der Waals surface area contributed by atoms with E-state index in [1.807, 2.05) is 37.1 Å². The van der Waals surface area contributed by atoms with Crippen molar-refractivity contribution in [1.29, 1.82) is 0 Å². The fourth-order valence-corrected chi connectivity index (χ4v) is 3.20. The second-order valence-electron chi connectivity index (χ2n) is 5.04. The normalized spacial score (nSPS) is 12.5. The standard InChI is InChI=1S/C16H17N3OS/c1-11(9-20)19(2)15-13-8-14(12-6-4-3-5-7-12)21-16(13)18-10-17-15/h3-8,10-11,20H,9H2,1-2H3. The van der Waals surface area contributed by atoms with E-state index in [4.69, 9.17) is 0 Å². The number of aliphatic hydroxyl groups is 1. The summed E-state index contributed by atoms with van der Waals surface area (Å²) >= 11 is 1.66. The summed E-state index contributed by atoms with van der Waals surface area (Å²) in [5.41, 5.74) is 1.18. The Morgan fingerprint density at radius 3 is 2.71 bits per heavy atom. The van der Waals surface area contributed by atoms with Crippen molar-refractivity contribution < 1.29 is 5.11 Å². The van der Waals surface area contributed by atoms with E-state index in [9.17, 15) is 5.11 Å². The first-order chi connectivity index (χ1) is 10.2. The summed E-state index contributed by atoms with van der Waals surface area (Å²) in [5.74, 6) is 0.861. The molecule has 0 aliphatic heterocycles. The van der Waals surface area contributed by atoms with Gasteiger partial charge in [0, 0.05) is 11.9 Å². The number of thiophene rings is 1. The first-order valence-electron chi connectivity index (χ1n) is 6.84. The van der Waals surface area contributed by atoms with Crippen LogP contribution in [0.3, 0.4) is 0 Å². The number of hydrogen-bond donors (Lipinski definition) is 1. The molecule has 0 saturated heterocycles. The second-order valence-corrected chi connectivity index (χ2v) is 6.07. The molecule has 0 aliphatic carbocycles. The maximum Gasteiger partial charge on any atom is 0.140 e. The Hall–Kier alpha value is -1.98. The molecular formula is C16H17N3OS. The van der Waals surface area contributed by atoms with Gasteiger partial charge in [-0.15, -0.1) is 11.3 Å². The van der Waals surface area contributed by atoms with Crippen LogP contribution >= 0.6 is 11.3 Å². The Morgan fingerprint density at radius 1 is 1.24 bits per heavy atom. The van der Waals surface area contributed by atoms with Gasteiger partial charge in [-0.3, -0.25) is 0 Å². The van der Waals surface area contributed by atoms with Gasteiger partial charge in [0.15, 0.2) is 0 Å². The first-order valence-corrected chi connectivity index (χ1v) is 7.66. The topological polar surface area (TPSA) is 49.2 Å². The lowest BCUT2D eigenvalue weighted by Crippen LogP contribution is -2.32. The Labute approximate surface area is 127 Å². The van der Waals surface area contributed by atoms with Gasteiger partial charge in [-0.2, -0.15) is 0 Å². The predicted molar refractivity (Wildman–Crippen MR) is 87.8 cm³/mol. The number of likely N-dealkylation sites (N-methyl/N-ethyl adjacent to an activating group) is 1. The lowest BCUT2D eigenvalue weighted by Gasteiger charge is -2.24. The highest BCUT2D eigenvalue weighted by atomic mass is 32.1. The highest BCUT2D eigenvalue weighted by molar-refractivity contribution is 7.21. The molecule has 1 atom stereocenters. The van der Waals surface area contributed by atoms with Crippen LogP contribution < -0.4 is 4.90 Å². The summed E-state index contributed by atoms with van der Waals surface area (Å²) in [6.45, 7) is 2.07. The van der Waals surface area contributed by atoms with Crippen molar-refractivity contribution in [3.63, 3.8) is 0 Å². The predicted octanol–water partition coefficient (Wildman–Crippen LogP) is 3.18. The van der Waals surface area contributed by atoms with Gasteiger partial charge in [-0.1, -0.05) is 30.3 Å². The average Bonchev–Trinajstić information content (AvgIpc) is 2.98. The molecular weight excluding hydrogens is 282 g/mol. The molecule has 1 aromatic carbocycles. The van der Waals surface area contributed by atoms with E-state index in [0.29, 0.717) is 0 Å². The van der Waals surface area contributed by atoms with Crippen LogP contribution in [0.5, 0.6) is 0 Å². The molecule has 0 saturated carbocycles. The van der Waals surface area contributed by atoms with Crippen molar-refractivity contribution in [3.05, 3.63) is 42.7 Å². The molecule has 5 heteroatoms. The molecule has 3 rings (SSSR count). The van der Waals surface area contributed by atoms with Crippen molar-refractivity contribution in [1.82, 2.24) is 9.97 Å². The molecule has 21 heavy (non-hydrogen) atoms. The highest BCUT2D eigenvalue weighted by Gasteiger charge is 2.16. The fourth-order valence-electron chi connectivity index (χ4n) is 2.20. The highest BCUT2D eigenvalue weighted by Crippen LogP contribution is 2.35. The Bertz CT molecular complexity index is 742. The monoisotopic (exact) mass is 299 g/mol. The number of aromatic nitrogens is 2. The third-order valence-electron chi connectivity index (χ3n) is 3.63. The Balaban J connectivity index is 2.10. The van der Waals surface area contributed by atoms with Crippen LogP contribution in [-0.4, -0.2) is 34.8 Å². The van der Waals surface area contributed by atoms with E-state index in [1.54, 1.807) is 17.7 Å². The maximum absolute atomic E-state index is 9.34. The number of rotatable bonds is 4. The van der Waals surface area contributed by atoms with Crippen LogP contribution in [-0.2, 0) is 0 Å². The summed E-state index contributed by atoms with van der Waals surface area (Å²) < 4.78 is 0. The zero-order chi connectivity index (χ0) is 14.8. The van der Waals surface area contributed by atoms with Crippen molar-refractivity contribution in [2.75, 3.05) is 18.6 Å². The molecule has 4 nitrogen and oxygen atoms in total. The van der Waals surface area contributed by atoms with Crippen LogP contribution in [0.4, 0.5) is 5.82 Å². The van der Waals surface area contributed by atoms with Crippen molar-refractivity contribution in [3.8, 4) is 10.4 Å². The van der Waals surface area contributed by atoms with Gasteiger partial charge in [0.1, 0.15) is 17.0 Å². The van der Waals surface area contributed by atoms with Crippen molar-refractivity contribution in [2.45, 2.75) is 13.0 Å². The fraction of sp³-hybridized carbons (Fsp3) is 0.250. The number of fused-ring (bicyclic) bond motifs is 1. The van der Waals surface area contributed by atoms with Crippen LogP contribution in [0, 0.1) is 0 Å². The molecule has 2 heterocycles. The molecule has 0 radical (unpaired) electrons. The van der Waals surface area contributed by atoms with Gasteiger partial charge in [-0.05, 0) is 18.6 Å².